The number of rotatable bonds is 4. The van der Waals surface area contributed by atoms with Gasteiger partial charge in [0.05, 0.1) is 23.7 Å². The number of carbonyl (C=O) groups excluding carboxylic acids is 1. The molecule has 0 saturated carbocycles. The Balaban J connectivity index is 2.27. The van der Waals surface area contributed by atoms with E-state index < -0.39 is 0 Å². The standard InChI is InChI=1S/C19H17ClN2O2/c1-3-24-19(23)17-13(2)21-22(16-11-7-10-15(20)12-16)18(17)14-8-5-4-6-9-14/h4-12H,3H2,1-2H3. The van der Waals surface area contributed by atoms with Crippen LogP contribution in [-0.2, 0) is 4.74 Å². The second kappa shape index (κ2) is 6.89. The highest BCUT2D eigenvalue weighted by Gasteiger charge is 2.24. The van der Waals surface area contributed by atoms with Gasteiger partial charge < -0.3 is 4.74 Å². The molecule has 0 N–H and O–H groups in total. The number of hydrogen-bond donors (Lipinski definition) is 0. The van der Waals surface area contributed by atoms with Gasteiger partial charge in [-0.15, -0.1) is 0 Å². The zero-order valence-corrected chi connectivity index (χ0v) is 14.2. The monoisotopic (exact) mass is 340 g/mol. The largest absolute Gasteiger partial charge is 0.462 e. The van der Waals surface area contributed by atoms with Crippen LogP contribution in [0.4, 0.5) is 0 Å². The van der Waals surface area contributed by atoms with Gasteiger partial charge in [0.25, 0.3) is 0 Å². The summed E-state index contributed by atoms with van der Waals surface area (Å²) in [6, 6.07) is 17.0. The zero-order chi connectivity index (χ0) is 17.1. The lowest BCUT2D eigenvalue weighted by atomic mass is 10.1. The average Bonchev–Trinajstić information content (AvgIpc) is 2.93. The maximum atomic E-state index is 12.5. The Labute approximate surface area is 145 Å². The lowest BCUT2D eigenvalue weighted by Crippen LogP contribution is -2.08. The van der Waals surface area contributed by atoms with Gasteiger partial charge >= 0.3 is 5.97 Å². The van der Waals surface area contributed by atoms with E-state index in [-0.39, 0.29) is 5.97 Å². The minimum Gasteiger partial charge on any atom is -0.462 e. The number of hydrogen-bond acceptors (Lipinski definition) is 3. The molecule has 5 heteroatoms. The first-order chi connectivity index (χ1) is 11.6. The van der Waals surface area contributed by atoms with E-state index >= 15 is 0 Å². The number of halogens is 1. The molecule has 0 atom stereocenters. The fraction of sp³-hybridized carbons (Fsp3) is 0.158. The topological polar surface area (TPSA) is 44.1 Å². The van der Waals surface area contributed by atoms with Crippen LogP contribution in [0, 0.1) is 6.92 Å². The molecule has 0 aliphatic rings. The number of nitrogens with zero attached hydrogens (tertiary/aromatic N) is 2. The highest BCUT2D eigenvalue weighted by Crippen LogP contribution is 2.30. The van der Waals surface area contributed by atoms with E-state index in [0.29, 0.717) is 28.6 Å². The molecule has 1 heterocycles. The molecule has 0 saturated heterocycles. The Morgan fingerprint density at radius 3 is 2.58 bits per heavy atom. The van der Waals surface area contributed by atoms with Crippen LogP contribution in [-0.4, -0.2) is 22.4 Å². The van der Waals surface area contributed by atoms with Crippen molar-refractivity contribution in [3.63, 3.8) is 0 Å². The van der Waals surface area contributed by atoms with Gasteiger partial charge in [-0.1, -0.05) is 48.0 Å². The summed E-state index contributed by atoms with van der Waals surface area (Å²) >= 11 is 6.12. The van der Waals surface area contributed by atoms with Crippen molar-refractivity contribution in [2.75, 3.05) is 6.61 Å². The Morgan fingerprint density at radius 2 is 1.92 bits per heavy atom. The van der Waals surface area contributed by atoms with Crippen LogP contribution in [0.25, 0.3) is 16.9 Å². The highest BCUT2D eigenvalue weighted by molar-refractivity contribution is 6.30. The Bertz CT molecular complexity index is 872. The summed E-state index contributed by atoms with van der Waals surface area (Å²) in [4.78, 5) is 12.5. The maximum Gasteiger partial charge on any atom is 0.342 e. The number of esters is 1. The van der Waals surface area contributed by atoms with Crippen molar-refractivity contribution in [1.29, 1.82) is 0 Å². The van der Waals surface area contributed by atoms with Crippen LogP contribution in [0.2, 0.25) is 5.02 Å². The first-order valence-corrected chi connectivity index (χ1v) is 8.07. The predicted octanol–water partition coefficient (Wildman–Crippen LogP) is 4.68. The van der Waals surface area contributed by atoms with Gasteiger partial charge in [-0.05, 0) is 32.0 Å². The minimum absolute atomic E-state index is 0.314. The molecular weight excluding hydrogens is 324 g/mol. The molecule has 3 rings (SSSR count). The lowest BCUT2D eigenvalue weighted by Gasteiger charge is -2.10. The van der Waals surface area contributed by atoms with Gasteiger partial charge in [-0.25, -0.2) is 9.48 Å². The van der Waals surface area contributed by atoms with E-state index in [2.05, 4.69) is 5.10 Å². The van der Waals surface area contributed by atoms with Crippen molar-refractivity contribution in [3.8, 4) is 16.9 Å². The molecule has 2 aromatic carbocycles. The van der Waals surface area contributed by atoms with Crippen molar-refractivity contribution in [1.82, 2.24) is 9.78 Å². The van der Waals surface area contributed by atoms with Crippen LogP contribution in [0.5, 0.6) is 0 Å². The number of carbonyl (C=O) groups is 1. The SMILES string of the molecule is CCOC(=O)c1c(C)nn(-c2cccc(Cl)c2)c1-c1ccccc1. The van der Waals surface area contributed by atoms with E-state index in [9.17, 15) is 4.79 Å². The van der Waals surface area contributed by atoms with Gasteiger partial charge in [0, 0.05) is 10.6 Å². The predicted molar refractivity (Wildman–Crippen MR) is 94.7 cm³/mol. The Morgan fingerprint density at radius 1 is 1.17 bits per heavy atom. The van der Waals surface area contributed by atoms with Crippen LogP contribution in [0.1, 0.15) is 23.0 Å². The van der Waals surface area contributed by atoms with Gasteiger partial charge in [-0.2, -0.15) is 5.10 Å². The normalized spacial score (nSPS) is 10.6. The summed E-state index contributed by atoms with van der Waals surface area (Å²) in [6.07, 6.45) is 0. The third kappa shape index (κ3) is 3.05. The summed E-state index contributed by atoms with van der Waals surface area (Å²) in [7, 11) is 0. The van der Waals surface area contributed by atoms with Crippen LogP contribution >= 0.6 is 11.6 Å². The van der Waals surface area contributed by atoms with Gasteiger partial charge in [0.1, 0.15) is 5.56 Å². The first kappa shape index (κ1) is 16.3. The molecule has 0 fully saturated rings. The highest BCUT2D eigenvalue weighted by atomic mass is 35.5. The van der Waals surface area contributed by atoms with Gasteiger partial charge in [-0.3, -0.25) is 0 Å². The smallest absolute Gasteiger partial charge is 0.342 e. The van der Waals surface area contributed by atoms with E-state index in [0.717, 1.165) is 11.3 Å². The summed E-state index contributed by atoms with van der Waals surface area (Å²) < 4.78 is 6.96. The third-order valence-corrected chi connectivity index (χ3v) is 3.88. The van der Waals surface area contributed by atoms with Crippen molar-refractivity contribution in [3.05, 3.63) is 70.9 Å². The number of benzene rings is 2. The fourth-order valence-electron chi connectivity index (χ4n) is 2.63. The van der Waals surface area contributed by atoms with Crippen LogP contribution < -0.4 is 0 Å². The van der Waals surface area contributed by atoms with Crippen molar-refractivity contribution in [2.45, 2.75) is 13.8 Å². The number of aromatic nitrogens is 2. The summed E-state index contributed by atoms with van der Waals surface area (Å²) in [5.41, 5.74) is 3.48. The van der Waals surface area contributed by atoms with Crippen molar-refractivity contribution >= 4 is 17.6 Å². The molecule has 0 amide bonds. The van der Waals surface area contributed by atoms with E-state index in [4.69, 9.17) is 16.3 Å². The first-order valence-electron chi connectivity index (χ1n) is 7.70. The minimum atomic E-state index is -0.373. The maximum absolute atomic E-state index is 12.5. The average molecular weight is 341 g/mol. The molecule has 3 aromatic rings. The second-order valence-electron chi connectivity index (χ2n) is 5.29. The lowest BCUT2D eigenvalue weighted by molar-refractivity contribution is 0.0526. The molecule has 0 aliphatic carbocycles. The zero-order valence-electron chi connectivity index (χ0n) is 13.5. The molecule has 0 spiro atoms. The quantitative estimate of drug-likeness (QED) is 0.648. The van der Waals surface area contributed by atoms with E-state index in [1.807, 2.05) is 48.5 Å². The second-order valence-corrected chi connectivity index (χ2v) is 5.72. The molecule has 4 nitrogen and oxygen atoms in total. The number of ether oxygens (including phenoxy) is 1. The van der Waals surface area contributed by atoms with Gasteiger partial charge in [0.2, 0.25) is 0 Å². The third-order valence-electron chi connectivity index (χ3n) is 3.64. The molecule has 122 valence electrons. The Hall–Kier alpha value is -2.59. The molecule has 24 heavy (non-hydrogen) atoms. The fourth-order valence-corrected chi connectivity index (χ4v) is 2.82. The summed E-state index contributed by atoms with van der Waals surface area (Å²) in [6.45, 7) is 3.91. The summed E-state index contributed by atoms with van der Waals surface area (Å²) in [5, 5.41) is 5.17. The number of aryl methyl sites for hydroxylation is 1. The molecule has 1 aromatic heterocycles. The van der Waals surface area contributed by atoms with Gasteiger partial charge in [0.15, 0.2) is 0 Å². The molecule has 0 bridgehead atoms. The molecule has 0 unspecified atom stereocenters. The van der Waals surface area contributed by atoms with Crippen LogP contribution in [0.15, 0.2) is 54.6 Å². The van der Waals surface area contributed by atoms with Crippen LogP contribution in [0.3, 0.4) is 0 Å². The van der Waals surface area contributed by atoms with Crippen molar-refractivity contribution in [2.24, 2.45) is 0 Å². The molecule has 0 aliphatic heterocycles. The molecule has 0 radical (unpaired) electrons. The van der Waals surface area contributed by atoms with E-state index in [1.54, 1.807) is 24.6 Å². The summed E-state index contributed by atoms with van der Waals surface area (Å²) in [5.74, 6) is -0.373. The van der Waals surface area contributed by atoms with Crippen molar-refractivity contribution < 1.29 is 9.53 Å². The molecular formula is C19H17ClN2O2. The Kier molecular flexibility index (Phi) is 4.67. The van der Waals surface area contributed by atoms with E-state index in [1.165, 1.54) is 0 Å².